The summed E-state index contributed by atoms with van der Waals surface area (Å²) in [6, 6.07) is 9.36. The maximum Gasteiger partial charge on any atom is 0.404 e. The van der Waals surface area contributed by atoms with E-state index in [0.717, 1.165) is 5.56 Å². The lowest BCUT2D eigenvalue weighted by atomic mass is 9.56. The summed E-state index contributed by atoms with van der Waals surface area (Å²) in [6.07, 6.45) is 9.62. The normalized spacial score (nSPS) is 32.2. The van der Waals surface area contributed by atoms with Crippen LogP contribution in [-0.2, 0) is 11.3 Å². The number of hydrogen-bond donors (Lipinski definition) is 0. The maximum absolute atomic E-state index is 10.2. The Labute approximate surface area is 131 Å². The molecule has 4 aliphatic rings. The van der Waals surface area contributed by atoms with E-state index in [9.17, 15) is 4.79 Å². The minimum absolute atomic E-state index is 0.239. The van der Waals surface area contributed by atoms with Crippen molar-refractivity contribution < 1.29 is 9.53 Å². The molecule has 0 radical (unpaired) electrons. The highest BCUT2D eigenvalue weighted by atomic mass is 35.5. The van der Waals surface area contributed by atoms with Crippen LogP contribution in [0.5, 0.6) is 0 Å². The summed E-state index contributed by atoms with van der Waals surface area (Å²) in [5, 5.41) is 0. The summed E-state index contributed by atoms with van der Waals surface area (Å²) in [4.78, 5) is 10.2. The van der Waals surface area contributed by atoms with E-state index in [1.165, 1.54) is 23.7 Å². The van der Waals surface area contributed by atoms with Gasteiger partial charge in [0.05, 0.1) is 0 Å². The van der Waals surface area contributed by atoms with Gasteiger partial charge in [0, 0.05) is 11.6 Å². The van der Waals surface area contributed by atoms with E-state index in [4.69, 9.17) is 11.6 Å². The molecular weight excluding hydrogens is 284 g/mol. The zero-order valence-electron chi connectivity index (χ0n) is 12.3. The van der Waals surface area contributed by atoms with Crippen molar-refractivity contribution in [2.45, 2.75) is 45.1 Å². The van der Waals surface area contributed by atoms with Gasteiger partial charge in [0.1, 0.15) is 6.61 Å². The van der Waals surface area contributed by atoms with Crippen LogP contribution in [0.15, 0.2) is 30.3 Å². The van der Waals surface area contributed by atoms with Crippen LogP contribution < -0.4 is 0 Å². The fourth-order valence-electron chi connectivity index (χ4n) is 4.70. The molecule has 2 nitrogen and oxygen atoms in total. The molecule has 5 rings (SSSR count). The first kappa shape index (κ1) is 14.9. The summed E-state index contributed by atoms with van der Waals surface area (Å²) < 4.78 is 4.55. The average Bonchev–Trinajstić information content (AvgIpc) is 2.45. The lowest BCUT2D eigenvalue weighted by Gasteiger charge is -2.49. The second-order valence-corrected chi connectivity index (χ2v) is 7.20. The van der Waals surface area contributed by atoms with Gasteiger partial charge in [-0.1, -0.05) is 30.3 Å². The zero-order chi connectivity index (χ0) is 14.7. The van der Waals surface area contributed by atoms with Gasteiger partial charge in [0.25, 0.3) is 0 Å². The van der Waals surface area contributed by atoms with E-state index >= 15 is 0 Å². The van der Waals surface area contributed by atoms with E-state index < -0.39 is 5.43 Å². The molecule has 0 aromatic heterocycles. The van der Waals surface area contributed by atoms with Crippen LogP contribution in [0.3, 0.4) is 0 Å². The molecule has 0 amide bonds. The van der Waals surface area contributed by atoms with Crippen molar-refractivity contribution in [2.24, 2.45) is 23.7 Å². The van der Waals surface area contributed by atoms with Gasteiger partial charge in [-0.25, -0.2) is 4.79 Å². The molecule has 0 unspecified atom stereocenters. The van der Waals surface area contributed by atoms with Crippen LogP contribution in [0.2, 0.25) is 0 Å². The Bertz CT molecular complexity index is 415. The number of carbonyl (C=O) groups excluding carboxylic acids is 1. The fourth-order valence-corrected chi connectivity index (χ4v) is 4.75. The van der Waals surface area contributed by atoms with Gasteiger partial charge >= 0.3 is 5.43 Å². The van der Waals surface area contributed by atoms with E-state index in [2.05, 4.69) is 4.74 Å². The van der Waals surface area contributed by atoms with E-state index in [-0.39, 0.29) is 6.61 Å². The van der Waals surface area contributed by atoms with Gasteiger partial charge in [-0.3, -0.25) is 0 Å². The highest BCUT2D eigenvalue weighted by Gasteiger charge is 2.41. The van der Waals surface area contributed by atoms with Crippen molar-refractivity contribution in [2.75, 3.05) is 0 Å². The quantitative estimate of drug-likeness (QED) is 0.684. The van der Waals surface area contributed by atoms with Crippen LogP contribution >= 0.6 is 11.6 Å². The Morgan fingerprint density at radius 1 is 0.905 bits per heavy atom. The third-order valence-electron chi connectivity index (χ3n) is 5.20. The molecule has 0 atom stereocenters. The second kappa shape index (κ2) is 6.83. The molecular formula is C18H23ClO2. The molecule has 0 saturated heterocycles. The highest BCUT2D eigenvalue weighted by Crippen LogP contribution is 2.53. The molecule has 4 bridgehead atoms. The number of ether oxygens (including phenoxy) is 1. The smallest absolute Gasteiger partial charge is 0.404 e. The van der Waals surface area contributed by atoms with Crippen LogP contribution in [0, 0.1) is 23.7 Å². The van der Waals surface area contributed by atoms with Crippen molar-refractivity contribution in [3.8, 4) is 0 Å². The summed E-state index contributed by atoms with van der Waals surface area (Å²) in [7, 11) is 0. The number of halogens is 1. The Balaban J connectivity index is 0.000000126. The molecule has 4 fully saturated rings. The standard InChI is InChI=1S/C10H16.C8H7ClO2/c1-7-2-9-4-8(1)5-10(3-7)6-9;9-8(10)11-6-7-4-2-1-3-5-7/h7-10H,1-6H2;1-5H,6H2. The SMILES string of the molecule is C1C2CC3CC1CC(C2)C3.O=C(Cl)OCc1ccccc1. The summed E-state index contributed by atoms with van der Waals surface area (Å²) >= 11 is 4.97. The molecule has 3 heteroatoms. The first-order valence-corrected chi connectivity index (χ1v) is 8.43. The van der Waals surface area contributed by atoms with Gasteiger partial charge in [-0.15, -0.1) is 0 Å². The number of hydrogen-bond acceptors (Lipinski definition) is 2. The number of rotatable bonds is 2. The average molecular weight is 307 g/mol. The summed E-state index contributed by atoms with van der Waals surface area (Å²) in [5.74, 6) is 4.71. The number of benzene rings is 1. The monoisotopic (exact) mass is 306 g/mol. The van der Waals surface area contributed by atoms with Gasteiger partial charge in [-0.2, -0.15) is 0 Å². The molecule has 1 aromatic rings. The Kier molecular flexibility index (Phi) is 4.84. The van der Waals surface area contributed by atoms with E-state index in [1.54, 1.807) is 38.5 Å². The van der Waals surface area contributed by atoms with E-state index in [0.29, 0.717) is 0 Å². The van der Waals surface area contributed by atoms with Gasteiger partial charge in [0.2, 0.25) is 0 Å². The first-order chi connectivity index (χ1) is 10.2. The first-order valence-electron chi connectivity index (χ1n) is 8.05. The molecule has 0 aliphatic heterocycles. The highest BCUT2D eigenvalue weighted by molar-refractivity contribution is 6.61. The summed E-state index contributed by atoms with van der Waals surface area (Å²) in [5.41, 5.74) is 0.162. The minimum Gasteiger partial charge on any atom is -0.449 e. The molecule has 4 saturated carbocycles. The van der Waals surface area contributed by atoms with Gasteiger partial charge in [0.15, 0.2) is 0 Å². The van der Waals surface area contributed by atoms with Gasteiger partial charge in [-0.05, 0) is 67.8 Å². The van der Waals surface area contributed by atoms with Crippen molar-refractivity contribution in [1.82, 2.24) is 0 Å². The summed E-state index contributed by atoms with van der Waals surface area (Å²) in [6.45, 7) is 0.239. The molecule has 1 aromatic carbocycles. The second-order valence-electron chi connectivity index (χ2n) is 6.89. The van der Waals surface area contributed by atoms with Crippen molar-refractivity contribution in [3.63, 3.8) is 0 Å². The maximum atomic E-state index is 10.2. The van der Waals surface area contributed by atoms with Crippen LogP contribution in [-0.4, -0.2) is 5.43 Å². The predicted molar refractivity (Wildman–Crippen MR) is 84.1 cm³/mol. The van der Waals surface area contributed by atoms with Crippen molar-refractivity contribution >= 4 is 17.0 Å². The van der Waals surface area contributed by atoms with Crippen LogP contribution in [0.4, 0.5) is 4.79 Å². The van der Waals surface area contributed by atoms with Crippen LogP contribution in [0.1, 0.15) is 44.1 Å². The fraction of sp³-hybridized carbons (Fsp3) is 0.611. The zero-order valence-corrected chi connectivity index (χ0v) is 13.1. The third-order valence-corrected chi connectivity index (χ3v) is 5.30. The van der Waals surface area contributed by atoms with E-state index in [1.807, 2.05) is 30.3 Å². The predicted octanol–water partition coefficient (Wildman–Crippen LogP) is 5.39. The lowest BCUT2D eigenvalue weighted by Crippen LogP contribution is -2.38. The molecule has 114 valence electrons. The number of carbonyl (C=O) groups is 1. The largest absolute Gasteiger partial charge is 0.449 e. The third kappa shape index (κ3) is 4.23. The molecule has 0 heterocycles. The van der Waals surface area contributed by atoms with Crippen molar-refractivity contribution in [3.05, 3.63) is 35.9 Å². The topological polar surface area (TPSA) is 26.3 Å². The van der Waals surface area contributed by atoms with Crippen molar-refractivity contribution in [1.29, 1.82) is 0 Å². The molecule has 21 heavy (non-hydrogen) atoms. The molecule has 4 aliphatic carbocycles. The van der Waals surface area contributed by atoms with Crippen LogP contribution in [0.25, 0.3) is 0 Å². The van der Waals surface area contributed by atoms with Gasteiger partial charge < -0.3 is 4.74 Å². The Morgan fingerprint density at radius 2 is 1.33 bits per heavy atom. The Hall–Kier alpha value is -1.02. The Morgan fingerprint density at radius 3 is 1.71 bits per heavy atom. The lowest BCUT2D eigenvalue weighted by molar-refractivity contribution is 0.0198. The minimum atomic E-state index is -0.770. The molecule has 0 spiro atoms. The molecule has 0 N–H and O–H groups in total.